The molecule has 6 heterocycles. The first-order valence-electron chi connectivity index (χ1n) is 23.3. The number of hydrogen-bond acceptors (Lipinski definition) is 18. The summed E-state index contributed by atoms with van der Waals surface area (Å²) in [6.07, 6.45) is -1.31. The van der Waals surface area contributed by atoms with Gasteiger partial charge < -0.3 is 19.5 Å². The second-order valence-corrected chi connectivity index (χ2v) is 22.7. The number of nitrogens with one attached hydrogen (secondary N) is 2. The number of thioether (sulfide) groups is 6. The normalized spacial score (nSPS) is 16.5. The van der Waals surface area contributed by atoms with Crippen LogP contribution in [0.3, 0.4) is 0 Å². The van der Waals surface area contributed by atoms with Gasteiger partial charge in [-0.2, -0.15) is 26.3 Å². The lowest BCUT2D eigenvalue weighted by Crippen LogP contribution is -2.66. The standard InChI is InChI=1S/C48H54F6N10O4S6/c1-27-23-35(69-3)37(43(55-27)71-5)59-41(65)39(63-15-11-61(12-16-63)19-21-73-45-57-31-25-29(47(49,50)51)7-9-33(31)67-45)40(42(66)60-38-36(70-4)24-28(2)56-44(38)72-6)64-17-13-62(14-18-64)20-22-74-46-58-32-26-30(48(52,53)54)8-10-34(32)68-46/h7-10,23-26,39-40H,11-22H2,1-6H3,(H,59,65)(H,60,66). The Bertz CT molecular complexity index is 2700. The summed E-state index contributed by atoms with van der Waals surface area (Å²) in [6.45, 7) is 9.02. The van der Waals surface area contributed by atoms with Gasteiger partial charge in [-0.15, -0.1) is 47.0 Å². The van der Waals surface area contributed by atoms with Crippen LogP contribution in [-0.2, 0) is 21.9 Å². The molecule has 0 aliphatic carbocycles. The Kier molecular flexibility index (Phi) is 18.8. The number of halogens is 6. The maximum absolute atomic E-state index is 15.4. The zero-order valence-corrected chi connectivity index (χ0v) is 46.1. The molecule has 2 N–H and O–H groups in total. The van der Waals surface area contributed by atoms with Crippen LogP contribution in [0.4, 0.5) is 37.7 Å². The minimum absolute atomic E-state index is 0.135. The van der Waals surface area contributed by atoms with E-state index in [1.54, 1.807) is 0 Å². The van der Waals surface area contributed by atoms with Crippen molar-refractivity contribution < 1.29 is 44.8 Å². The van der Waals surface area contributed by atoms with Crippen molar-refractivity contribution in [2.75, 3.05) is 113 Å². The number of anilines is 2. The SMILES string of the molecule is CSc1cc(C)nc(SC)c1NC(=O)C(C(C(=O)Nc1c(SC)cc(C)nc1SC)N1CCN(CCSc2nc3cc(C(F)(F)F)ccc3o2)CC1)N1CCN(CCSc2nc3cc(C(F)(F)F)ccc3o2)CC1. The number of alkyl halides is 6. The van der Waals surface area contributed by atoms with E-state index in [1.807, 2.05) is 51.0 Å². The molecule has 0 saturated carbocycles. The summed E-state index contributed by atoms with van der Waals surface area (Å²) in [5.41, 5.74) is 1.98. The number of piperazine rings is 2. The first-order valence-corrected chi connectivity index (χ1v) is 30.2. The lowest BCUT2D eigenvalue weighted by atomic mass is 9.99. The van der Waals surface area contributed by atoms with E-state index in [4.69, 9.17) is 18.8 Å². The van der Waals surface area contributed by atoms with E-state index in [1.165, 1.54) is 82.7 Å². The van der Waals surface area contributed by atoms with Crippen molar-refractivity contribution in [3.8, 4) is 0 Å². The molecule has 2 aliphatic rings. The quantitative estimate of drug-likeness (QED) is 0.0585. The van der Waals surface area contributed by atoms with Crippen molar-refractivity contribution in [3.05, 3.63) is 71.0 Å². The van der Waals surface area contributed by atoms with Crippen LogP contribution >= 0.6 is 70.6 Å². The van der Waals surface area contributed by atoms with Gasteiger partial charge in [-0.25, -0.2) is 19.9 Å². The second kappa shape index (κ2) is 24.6. The molecule has 2 saturated heterocycles. The summed E-state index contributed by atoms with van der Waals surface area (Å²) in [5.74, 6) is 0.381. The first-order chi connectivity index (χ1) is 35.3. The van der Waals surface area contributed by atoms with Crippen LogP contribution in [0.1, 0.15) is 22.5 Å². The number of nitrogens with zero attached hydrogens (tertiary/aromatic N) is 8. The van der Waals surface area contributed by atoms with E-state index in [9.17, 15) is 26.3 Å². The molecule has 398 valence electrons. The summed E-state index contributed by atoms with van der Waals surface area (Å²) in [6, 6.07) is 8.37. The van der Waals surface area contributed by atoms with Crippen LogP contribution in [0, 0.1) is 13.8 Å². The van der Waals surface area contributed by atoms with Crippen molar-refractivity contribution in [2.24, 2.45) is 0 Å². The minimum atomic E-state index is -4.50. The lowest BCUT2D eigenvalue weighted by molar-refractivity contribution is -0.138. The van der Waals surface area contributed by atoms with Crippen LogP contribution < -0.4 is 10.6 Å². The van der Waals surface area contributed by atoms with E-state index in [-0.39, 0.29) is 44.5 Å². The molecule has 2 amide bonds. The number of carbonyl (C=O) groups is 2. The molecule has 0 spiro atoms. The van der Waals surface area contributed by atoms with Crippen LogP contribution in [0.5, 0.6) is 0 Å². The number of carbonyl (C=O) groups excluding carboxylic acids is 2. The molecule has 8 rings (SSSR count). The molecular weight excluding hydrogens is 1090 g/mol. The van der Waals surface area contributed by atoms with Gasteiger partial charge in [0, 0.05) is 98.1 Å². The van der Waals surface area contributed by atoms with Gasteiger partial charge >= 0.3 is 12.4 Å². The number of aromatic nitrogens is 4. The molecule has 14 nitrogen and oxygen atoms in total. The third-order valence-corrected chi connectivity index (χ3v) is 17.1. The molecule has 2 fully saturated rings. The van der Waals surface area contributed by atoms with E-state index in [2.05, 4.69) is 40.2 Å². The monoisotopic (exact) mass is 1140 g/mol. The number of fused-ring (bicyclic) bond motifs is 2. The number of rotatable bonds is 19. The highest BCUT2D eigenvalue weighted by molar-refractivity contribution is 8.00. The Morgan fingerprint density at radius 2 is 0.946 bits per heavy atom. The summed E-state index contributed by atoms with van der Waals surface area (Å²) in [5, 5.41) is 8.38. The first kappa shape index (κ1) is 56.3. The second-order valence-electron chi connectivity index (χ2n) is 17.3. The van der Waals surface area contributed by atoms with E-state index < -0.39 is 35.6 Å². The van der Waals surface area contributed by atoms with Crippen molar-refractivity contribution >= 4 is 116 Å². The summed E-state index contributed by atoms with van der Waals surface area (Å²) >= 11 is 8.45. The zero-order chi connectivity index (χ0) is 52.9. The lowest BCUT2D eigenvalue weighted by Gasteiger charge is -2.46. The Balaban J connectivity index is 1.03. The van der Waals surface area contributed by atoms with Gasteiger partial charge in [0.15, 0.2) is 11.2 Å². The molecular formula is C48H54F6N10O4S6. The van der Waals surface area contributed by atoms with E-state index in [0.717, 1.165) is 45.4 Å². The number of oxazole rings is 2. The highest BCUT2D eigenvalue weighted by Crippen LogP contribution is 2.38. The molecule has 74 heavy (non-hydrogen) atoms. The fourth-order valence-electron chi connectivity index (χ4n) is 8.83. The number of benzene rings is 2. The van der Waals surface area contributed by atoms with Gasteiger partial charge in [-0.05, 0) is 87.4 Å². The van der Waals surface area contributed by atoms with Crippen molar-refractivity contribution in [1.29, 1.82) is 0 Å². The summed E-state index contributed by atoms with van der Waals surface area (Å²) in [7, 11) is 0. The molecule has 26 heteroatoms. The molecule has 2 aromatic carbocycles. The molecule has 2 atom stereocenters. The van der Waals surface area contributed by atoms with Gasteiger partial charge in [0.1, 0.15) is 33.2 Å². The van der Waals surface area contributed by atoms with Crippen molar-refractivity contribution in [1.82, 2.24) is 39.5 Å². The molecule has 4 aromatic heterocycles. The predicted octanol–water partition coefficient (Wildman–Crippen LogP) is 10.4. The highest BCUT2D eigenvalue weighted by atomic mass is 32.2. The average molecular weight is 1140 g/mol. The van der Waals surface area contributed by atoms with Crippen molar-refractivity contribution in [2.45, 2.75) is 68.6 Å². The van der Waals surface area contributed by atoms with Gasteiger partial charge in [-0.3, -0.25) is 29.2 Å². The molecule has 2 unspecified atom stereocenters. The maximum Gasteiger partial charge on any atom is 0.416 e. The molecule has 6 aromatic rings. The third-order valence-electron chi connectivity index (χ3n) is 12.6. The number of amides is 2. The Morgan fingerprint density at radius 3 is 1.28 bits per heavy atom. The Labute approximate surface area is 449 Å². The van der Waals surface area contributed by atoms with Crippen molar-refractivity contribution in [3.63, 3.8) is 0 Å². The van der Waals surface area contributed by atoms with Crippen LogP contribution in [-0.4, -0.2) is 165 Å². The topological polar surface area (TPSA) is 149 Å². The molecule has 0 bridgehead atoms. The molecule has 0 radical (unpaired) electrons. The van der Waals surface area contributed by atoms with Gasteiger partial charge in [0.25, 0.3) is 10.4 Å². The summed E-state index contributed by atoms with van der Waals surface area (Å²) in [4.78, 5) is 59.2. The van der Waals surface area contributed by atoms with Gasteiger partial charge in [0.2, 0.25) is 11.8 Å². The highest BCUT2D eigenvalue weighted by Gasteiger charge is 2.44. The average Bonchev–Trinajstić information content (AvgIpc) is 3.99. The third kappa shape index (κ3) is 13.6. The van der Waals surface area contributed by atoms with Crippen LogP contribution in [0.25, 0.3) is 22.2 Å². The molecule has 2 aliphatic heterocycles. The number of aryl methyl sites for hydroxylation is 2. The minimum Gasteiger partial charge on any atom is -0.431 e. The smallest absolute Gasteiger partial charge is 0.416 e. The zero-order valence-electron chi connectivity index (χ0n) is 41.2. The maximum atomic E-state index is 15.4. The van der Waals surface area contributed by atoms with Gasteiger partial charge in [-0.1, -0.05) is 23.5 Å². The van der Waals surface area contributed by atoms with E-state index in [0.29, 0.717) is 98.4 Å². The van der Waals surface area contributed by atoms with Crippen LogP contribution in [0.2, 0.25) is 0 Å². The number of hydrogen-bond donors (Lipinski definition) is 2. The Hall–Kier alpha value is -3.86. The fourth-order valence-corrected chi connectivity index (χ4v) is 13.1. The fraction of sp³-hybridized carbons (Fsp3) is 0.458. The number of pyridine rings is 2. The van der Waals surface area contributed by atoms with E-state index >= 15 is 9.59 Å². The summed E-state index contributed by atoms with van der Waals surface area (Å²) < 4.78 is 91.7. The van der Waals surface area contributed by atoms with Crippen LogP contribution in [0.15, 0.2) is 87.7 Å². The Morgan fingerprint density at radius 1 is 0.568 bits per heavy atom. The van der Waals surface area contributed by atoms with Gasteiger partial charge in [0.05, 0.1) is 22.5 Å². The largest absolute Gasteiger partial charge is 0.431 e. The predicted molar refractivity (Wildman–Crippen MR) is 285 cm³/mol.